The van der Waals surface area contributed by atoms with Gasteiger partial charge in [0.05, 0.1) is 11.1 Å². The number of benzene rings is 1. The van der Waals surface area contributed by atoms with Gasteiger partial charge in [0.25, 0.3) is 0 Å². The third kappa shape index (κ3) is 4.45. The van der Waals surface area contributed by atoms with Crippen LogP contribution in [0.25, 0.3) is 0 Å². The Morgan fingerprint density at radius 2 is 2.15 bits per heavy atom. The number of halogens is 2. The lowest BCUT2D eigenvalue weighted by molar-refractivity contribution is -0.0293. The molecule has 1 aliphatic heterocycles. The van der Waals surface area contributed by atoms with Crippen LogP contribution in [0.2, 0.25) is 5.02 Å². The van der Waals surface area contributed by atoms with Crippen molar-refractivity contribution >= 4 is 27.5 Å². The second kappa shape index (κ2) is 6.78. The van der Waals surface area contributed by atoms with E-state index in [-0.39, 0.29) is 11.6 Å². The molecule has 1 saturated heterocycles. The summed E-state index contributed by atoms with van der Waals surface area (Å²) in [5.41, 5.74) is 1.35. The second-order valence-corrected chi connectivity index (χ2v) is 7.76. The Bertz CT molecular complexity index is 458. The zero-order chi connectivity index (χ0) is 14.8. The van der Waals surface area contributed by atoms with Crippen molar-refractivity contribution in [2.45, 2.75) is 45.3 Å². The van der Waals surface area contributed by atoms with E-state index in [4.69, 9.17) is 16.3 Å². The van der Waals surface area contributed by atoms with Gasteiger partial charge < -0.3 is 10.1 Å². The molecule has 1 aliphatic rings. The molecule has 2 nitrogen and oxygen atoms in total. The summed E-state index contributed by atoms with van der Waals surface area (Å²) in [5, 5.41) is 4.34. The Morgan fingerprint density at radius 3 is 2.80 bits per heavy atom. The number of rotatable bonds is 3. The van der Waals surface area contributed by atoms with E-state index < -0.39 is 0 Å². The molecule has 0 aliphatic carbocycles. The highest BCUT2D eigenvalue weighted by Crippen LogP contribution is 2.36. The van der Waals surface area contributed by atoms with Crippen molar-refractivity contribution in [1.29, 1.82) is 0 Å². The van der Waals surface area contributed by atoms with Crippen LogP contribution in [0.5, 0.6) is 0 Å². The molecule has 1 aromatic carbocycles. The smallest absolute Gasteiger partial charge is 0.0865 e. The first kappa shape index (κ1) is 16.3. The minimum atomic E-state index is 0.141. The predicted molar refractivity (Wildman–Crippen MR) is 88.3 cm³/mol. The minimum absolute atomic E-state index is 0.141. The van der Waals surface area contributed by atoms with Crippen molar-refractivity contribution in [3.63, 3.8) is 0 Å². The lowest BCUT2D eigenvalue weighted by atomic mass is 9.89. The summed E-state index contributed by atoms with van der Waals surface area (Å²) in [5.74, 6) is 0.510. The van der Waals surface area contributed by atoms with E-state index in [2.05, 4.69) is 54.2 Å². The summed E-state index contributed by atoms with van der Waals surface area (Å²) < 4.78 is 6.97. The molecule has 2 unspecified atom stereocenters. The minimum Gasteiger partial charge on any atom is -0.373 e. The molecule has 2 rings (SSSR count). The van der Waals surface area contributed by atoms with Crippen LogP contribution in [0.4, 0.5) is 0 Å². The van der Waals surface area contributed by atoms with E-state index in [0.717, 1.165) is 29.1 Å². The molecule has 1 aromatic rings. The highest BCUT2D eigenvalue weighted by Gasteiger charge is 2.28. The number of ether oxygens (including phenoxy) is 1. The third-order valence-corrected chi connectivity index (χ3v) is 4.83. The molecule has 0 saturated carbocycles. The monoisotopic (exact) mass is 359 g/mol. The summed E-state index contributed by atoms with van der Waals surface area (Å²) in [6, 6.07) is 6.10. The highest BCUT2D eigenvalue weighted by atomic mass is 79.9. The van der Waals surface area contributed by atoms with Crippen LogP contribution in [0.1, 0.15) is 45.3 Å². The fraction of sp³-hybridized carbons (Fsp3) is 0.625. The molecule has 0 spiro atoms. The summed E-state index contributed by atoms with van der Waals surface area (Å²) in [4.78, 5) is 0. The summed E-state index contributed by atoms with van der Waals surface area (Å²) >= 11 is 9.58. The molecule has 20 heavy (non-hydrogen) atoms. The fourth-order valence-electron chi connectivity index (χ4n) is 2.55. The van der Waals surface area contributed by atoms with Crippen LogP contribution in [0, 0.1) is 5.92 Å². The maximum absolute atomic E-state index is 6.08. The Hall–Kier alpha value is -0.0900. The van der Waals surface area contributed by atoms with Gasteiger partial charge in [0.1, 0.15) is 0 Å². The normalized spacial score (nSPS) is 23.9. The van der Waals surface area contributed by atoms with E-state index in [1.807, 2.05) is 6.07 Å². The first-order valence-electron chi connectivity index (χ1n) is 7.18. The van der Waals surface area contributed by atoms with Crippen LogP contribution in [0.15, 0.2) is 22.7 Å². The zero-order valence-electron chi connectivity index (χ0n) is 12.4. The quantitative estimate of drug-likeness (QED) is 0.822. The zero-order valence-corrected chi connectivity index (χ0v) is 14.7. The molecule has 1 heterocycles. The Morgan fingerprint density at radius 1 is 1.40 bits per heavy atom. The van der Waals surface area contributed by atoms with Crippen molar-refractivity contribution in [2.24, 2.45) is 5.92 Å². The maximum Gasteiger partial charge on any atom is 0.0865 e. The van der Waals surface area contributed by atoms with E-state index >= 15 is 0 Å². The molecule has 1 fully saturated rings. The van der Waals surface area contributed by atoms with Gasteiger partial charge in [-0.1, -0.05) is 17.7 Å². The second-order valence-electron chi connectivity index (χ2n) is 6.50. The van der Waals surface area contributed by atoms with Crippen molar-refractivity contribution in [3.8, 4) is 0 Å². The summed E-state index contributed by atoms with van der Waals surface area (Å²) in [6.45, 7) is 8.42. The van der Waals surface area contributed by atoms with Crippen LogP contribution in [0.3, 0.4) is 0 Å². The van der Waals surface area contributed by atoms with E-state index in [1.54, 1.807) is 0 Å². The number of hydrogen-bond acceptors (Lipinski definition) is 2. The van der Waals surface area contributed by atoms with Crippen LogP contribution in [-0.2, 0) is 4.74 Å². The van der Waals surface area contributed by atoms with E-state index in [0.29, 0.717) is 5.92 Å². The van der Waals surface area contributed by atoms with Gasteiger partial charge in [0.2, 0.25) is 0 Å². The van der Waals surface area contributed by atoms with E-state index in [1.165, 1.54) is 12.0 Å². The van der Waals surface area contributed by atoms with Gasteiger partial charge in [-0.05, 0) is 67.2 Å². The first-order valence-corrected chi connectivity index (χ1v) is 8.35. The van der Waals surface area contributed by atoms with Gasteiger partial charge in [-0.15, -0.1) is 0 Å². The van der Waals surface area contributed by atoms with Crippen LogP contribution >= 0.6 is 27.5 Å². The highest BCUT2D eigenvalue weighted by molar-refractivity contribution is 9.10. The average Bonchev–Trinajstić information content (AvgIpc) is 2.39. The molecule has 0 amide bonds. The molecule has 0 bridgehead atoms. The average molecular weight is 361 g/mol. The first-order chi connectivity index (χ1) is 9.37. The van der Waals surface area contributed by atoms with Crippen molar-refractivity contribution in [1.82, 2.24) is 5.32 Å². The Kier molecular flexibility index (Phi) is 5.52. The lowest BCUT2D eigenvalue weighted by Gasteiger charge is -2.34. The topological polar surface area (TPSA) is 21.3 Å². The molecule has 0 radical (unpaired) electrons. The van der Waals surface area contributed by atoms with Gasteiger partial charge in [0.15, 0.2) is 0 Å². The lowest BCUT2D eigenvalue weighted by Crippen LogP contribution is -2.41. The number of nitrogens with one attached hydrogen (secondary N) is 1. The summed E-state index contributed by atoms with van der Waals surface area (Å²) in [6.07, 6.45) is 2.50. The van der Waals surface area contributed by atoms with Gasteiger partial charge in [-0.2, -0.15) is 0 Å². The SMILES string of the molecule is CC(C)(C)NCC1CCCOC1c1ccc(Cl)c(Br)c1. The fourth-order valence-corrected chi connectivity index (χ4v) is 3.06. The standard InChI is InChI=1S/C16H23BrClNO/c1-16(2,3)19-10-12-5-4-8-20-15(12)11-6-7-14(18)13(17)9-11/h6-7,9,12,15,19H,4-5,8,10H2,1-3H3. The summed E-state index contributed by atoms with van der Waals surface area (Å²) in [7, 11) is 0. The van der Waals surface area contributed by atoms with E-state index in [9.17, 15) is 0 Å². The molecular weight excluding hydrogens is 338 g/mol. The van der Waals surface area contributed by atoms with Gasteiger partial charge in [0, 0.05) is 29.1 Å². The molecule has 112 valence electrons. The van der Waals surface area contributed by atoms with Gasteiger partial charge >= 0.3 is 0 Å². The molecule has 1 N–H and O–H groups in total. The molecule has 2 atom stereocenters. The molecular formula is C16H23BrClNO. The van der Waals surface area contributed by atoms with Crippen molar-refractivity contribution in [2.75, 3.05) is 13.2 Å². The predicted octanol–water partition coefficient (Wildman–Crippen LogP) is 4.96. The van der Waals surface area contributed by atoms with Gasteiger partial charge in [-0.3, -0.25) is 0 Å². The third-order valence-electron chi connectivity index (χ3n) is 3.61. The maximum atomic E-state index is 6.08. The molecule has 0 aromatic heterocycles. The van der Waals surface area contributed by atoms with Crippen molar-refractivity contribution < 1.29 is 4.74 Å². The van der Waals surface area contributed by atoms with Crippen LogP contribution in [-0.4, -0.2) is 18.7 Å². The van der Waals surface area contributed by atoms with Crippen molar-refractivity contribution in [3.05, 3.63) is 33.3 Å². The Balaban J connectivity index is 2.11. The number of hydrogen-bond donors (Lipinski definition) is 1. The molecule has 4 heteroatoms. The Labute approximate surface area is 135 Å². The van der Waals surface area contributed by atoms with Gasteiger partial charge in [-0.25, -0.2) is 0 Å². The van der Waals surface area contributed by atoms with Crippen LogP contribution < -0.4 is 5.32 Å². The largest absolute Gasteiger partial charge is 0.373 e.